The van der Waals surface area contributed by atoms with Crippen molar-refractivity contribution in [3.63, 3.8) is 0 Å². The van der Waals surface area contributed by atoms with E-state index in [1.807, 2.05) is 19.1 Å². The predicted octanol–water partition coefficient (Wildman–Crippen LogP) is 3.50. The molecule has 0 aromatic heterocycles. The molecule has 0 amide bonds. The highest BCUT2D eigenvalue weighted by atomic mass is 16.3. The second-order valence-electron chi connectivity index (χ2n) is 5.36. The lowest BCUT2D eigenvalue weighted by Gasteiger charge is -2.35. The lowest BCUT2D eigenvalue weighted by molar-refractivity contribution is 0.308. The monoisotopic (exact) mass is 219 g/mol. The van der Waals surface area contributed by atoms with Gasteiger partial charge in [-0.15, -0.1) is 0 Å². The molecule has 1 aliphatic carbocycles. The Morgan fingerprint density at radius 3 is 2.44 bits per heavy atom. The van der Waals surface area contributed by atoms with Gasteiger partial charge in [0, 0.05) is 11.3 Å². The van der Waals surface area contributed by atoms with Crippen LogP contribution in [0.5, 0.6) is 5.75 Å². The van der Waals surface area contributed by atoms with Gasteiger partial charge in [0.1, 0.15) is 5.75 Å². The molecule has 2 heteroatoms. The molecule has 1 aromatic carbocycles. The molecule has 1 saturated carbocycles. The Labute approximate surface area is 97.5 Å². The molecule has 0 heterocycles. The van der Waals surface area contributed by atoms with E-state index in [1.165, 1.54) is 19.3 Å². The van der Waals surface area contributed by atoms with Gasteiger partial charge in [-0.3, -0.25) is 0 Å². The highest BCUT2D eigenvalue weighted by Gasteiger charge is 2.31. The topological polar surface area (TPSA) is 46.2 Å². The lowest BCUT2D eigenvalue weighted by atomic mass is 9.70. The fourth-order valence-corrected chi connectivity index (χ4v) is 2.87. The van der Waals surface area contributed by atoms with Crippen LogP contribution in [0.3, 0.4) is 0 Å². The molecule has 0 radical (unpaired) electrons. The lowest BCUT2D eigenvalue weighted by Crippen LogP contribution is -2.25. The van der Waals surface area contributed by atoms with Gasteiger partial charge >= 0.3 is 0 Å². The van der Waals surface area contributed by atoms with Crippen LogP contribution in [0.25, 0.3) is 0 Å². The maximum atomic E-state index is 10.2. The van der Waals surface area contributed by atoms with Crippen molar-refractivity contribution in [2.45, 2.75) is 51.4 Å². The van der Waals surface area contributed by atoms with E-state index in [0.717, 1.165) is 29.7 Å². The Balaban J connectivity index is 2.45. The number of nitrogen functional groups attached to an aromatic ring is 1. The van der Waals surface area contributed by atoms with Gasteiger partial charge in [0.2, 0.25) is 0 Å². The Hall–Kier alpha value is -1.18. The summed E-state index contributed by atoms with van der Waals surface area (Å²) in [6, 6.07) is 3.79. The van der Waals surface area contributed by atoms with E-state index in [0.29, 0.717) is 5.75 Å². The Bertz CT molecular complexity index is 392. The molecule has 0 bridgehead atoms. The Morgan fingerprint density at radius 2 is 1.81 bits per heavy atom. The maximum absolute atomic E-state index is 10.2. The molecule has 0 unspecified atom stereocenters. The largest absolute Gasteiger partial charge is 0.507 e. The van der Waals surface area contributed by atoms with Crippen LogP contribution < -0.4 is 5.73 Å². The van der Waals surface area contributed by atoms with E-state index in [2.05, 4.69) is 6.92 Å². The molecule has 3 N–H and O–H groups in total. The molecule has 0 saturated heterocycles. The van der Waals surface area contributed by atoms with Gasteiger partial charge < -0.3 is 10.8 Å². The fourth-order valence-electron chi connectivity index (χ4n) is 2.87. The van der Waals surface area contributed by atoms with Crippen molar-refractivity contribution in [1.82, 2.24) is 0 Å². The fraction of sp³-hybridized carbons (Fsp3) is 0.571. The van der Waals surface area contributed by atoms with Crippen LogP contribution in [-0.2, 0) is 5.41 Å². The van der Waals surface area contributed by atoms with Crippen molar-refractivity contribution in [3.05, 3.63) is 23.3 Å². The summed E-state index contributed by atoms with van der Waals surface area (Å²) >= 11 is 0. The zero-order chi connectivity index (χ0) is 11.8. The first-order chi connectivity index (χ1) is 7.53. The van der Waals surface area contributed by atoms with E-state index < -0.39 is 0 Å². The molecule has 1 fully saturated rings. The number of rotatable bonds is 1. The van der Waals surface area contributed by atoms with Crippen LogP contribution in [0.2, 0.25) is 0 Å². The van der Waals surface area contributed by atoms with Crippen molar-refractivity contribution >= 4 is 5.69 Å². The van der Waals surface area contributed by atoms with E-state index in [1.54, 1.807) is 0 Å². The number of anilines is 1. The van der Waals surface area contributed by atoms with Gasteiger partial charge in [0.25, 0.3) is 0 Å². The molecule has 1 aliphatic rings. The third-order valence-electron chi connectivity index (χ3n) is 3.93. The predicted molar refractivity (Wildman–Crippen MR) is 67.7 cm³/mol. The van der Waals surface area contributed by atoms with Gasteiger partial charge in [0.15, 0.2) is 0 Å². The van der Waals surface area contributed by atoms with Gasteiger partial charge in [-0.25, -0.2) is 0 Å². The second kappa shape index (κ2) is 4.00. The average molecular weight is 219 g/mol. The number of benzene rings is 1. The molecule has 1 aromatic rings. The minimum atomic E-state index is 0.114. The first-order valence-corrected chi connectivity index (χ1v) is 6.12. The van der Waals surface area contributed by atoms with E-state index in [4.69, 9.17) is 5.73 Å². The smallest absolute Gasteiger partial charge is 0.122 e. The number of aryl methyl sites for hydroxylation is 1. The minimum absolute atomic E-state index is 0.114. The molecule has 0 aliphatic heterocycles. The number of phenolic OH excluding ortho intramolecular Hbond substituents is 1. The van der Waals surface area contributed by atoms with Crippen LogP contribution in [-0.4, -0.2) is 5.11 Å². The van der Waals surface area contributed by atoms with Crippen molar-refractivity contribution in [1.29, 1.82) is 0 Å². The van der Waals surface area contributed by atoms with Crippen LogP contribution >= 0.6 is 0 Å². The zero-order valence-electron chi connectivity index (χ0n) is 10.2. The standard InChI is InChI=1S/C14H21NO/c1-10-8-11(15)9-12(13(10)16)14(2)6-4-3-5-7-14/h8-9,16H,3-7,15H2,1-2H3. The summed E-state index contributed by atoms with van der Waals surface area (Å²) in [5, 5.41) is 10.2. The summed E-state index contributed by atoms with van der Waals surface area (Å²) in [6.07, 6.45) is 6.14. The number of hydrogen-bond donors (Lipinski definition) is 2. The third kappa shape index (κ3) is 1.89. The van der Waals surface area contributed by atoms with Gasteiger partial charge in [0.05, 0.1) is 0 Å². The number of aromatic hydroxyl groups is 1. The second-order valence-corrected chi connectivity index (χ2v) is 5.36. The van der Waals surface area contributed by atoms with Crippen molar-refractivity contribution in [2.24, 2.45) is 0 Å². The molecule has 0 atom stereocenters. The summed E-state index contributed by atoms with van der Waals surface area (Å²) < 4.78 is 0. The summed E-state index contributed by atoms with van der Waals surface area (Å²) in [5.74, 6) is 0.443. The number of phenols is 1. The Kier molecular flexibility index (Phi) is 2.83. The van der Waals surface area contributed by atoms with Crippen molar-refractivity contribution < 1.29 is 5.11 Å². The molecule has 88 valence electrons. The van der Waals surface area contributed by atoms with Crippen molar-refractivity contribution in [2.75, 3.05) is 5.73 Å². The molecule has 2 nitrogen and oxygen atoms in total. The summed E-state index contributed by atoms with van der Waals surface area (Å²) in [4.78, 5) is 0. The van der Waals surface area contributed by atoms with Crippen molar-refractivity contribution in [3.8, 4) is 5.75 Å². The van der Waals surface area contributed by atoms with Crippen LogP contribution in [0.4, 0.5) is 5.69 Å². The first-order valence-electron chi connectivity index (χ1n) is 6.12. The zero-order valence-corrected chi connectivity index (χ0v) is 10.2. The maximum Gasteiger partial charge on any atom is 0.122 e. The third-order valence-corrected chi connectivity index (χ3v) is 3.93. The van der Waals surface area contributed by atoms with Gasteiger partial charge in [-0.1, -0.05) is 26.2 Å². The summed E-state index contributed by atoms with van der Waals surface area (Å²) in [7, 11) is 0. The molecular weight excluding hydrogens is 198 g/mol. The van der Waals surface area contributed by atoms with E-state index >= 15 is 0 Å². The van der Waals surface area contributed by atoms with Gasteiger partial charge in [-0.05, 0) is 42.9 Å². The summed E-state index contributed by atoms with van der Waals surface area (Å²) in [6.45, 7) is 4.17. The Morgan fingerprint density at radius 1 is 1.19 bits per heavy atom. The first kappa shape index (κ1) is 11.3. The normalized spacial score (nSPS) is 19.6. The molecular formula is C14H21NO. The van der Waals surface area contributed by atoms with Gasteiger partial charge in [-0.2, -0.15) is 0 Å². The average Bonchev–Trinajstić information content (AvgIpc) is 2.24. The number of nitrogens with two attached hydrogens (primary N) is 1. The van der Waals surface area contributed by atoms with Crippen LogP contribution in [0.15, 0.2) is 12.1 Å². The highest BCUT2D eigenvalue weighted by molar-refractivity contribution is 5.54. The molecule has 0 spiro atoms. The molecule has 16 heavy (non-hydrogen) atoms. The van der Waals surface area contributed by atoms with Crippen LogP contribution in [0, 0.1) is 6.92 Å². The summed E-state index contributed by atoms with van der Waals surface area (Å²) in [5.41, 5.74) is 8.69. The quantitative estimate of drug-likeness (QED) is 0.561. The van der Waals surface area contributed by atoms with E-state index in [-0.39, 0.29) is 5.41 Å². The van der Waals surface area contributed by atoms with Crippen LogP contribution in [0.1, 0.15) is 50.2 Å². The van der Waals surface area contributed by atoms with E-state index in [9.17, 15) is 5.11 Å². The highest BCUT2D eigenvalue weighted by Crippen LogP contribution is 2.44. The minimum Gasteiger partial charge on any atom is -0.507 e. The SMILES string of the molecule is Cc1cc(N)cc(C2(C)CCCCC2)c1O. The number of hydrogen-bond acceptors (Lipinski definition) is 2. The molecule has 2 rings (SSSR count).